The van der Waals surface area contributed by atoms with Gasteiger partial charge in [0.05, 0.1) is 10.9 Å². The zero-order chi connectivity index (χ0) is 24.4. The third-order valence-corrected chi connectivity index (χ3v) is 7.94. The van der Waals surface area contributed by atoms with Gasteiger partial charge in [-0.05, 0) is 68.4 Å². The Morgan fingerprint density at radius 2 is 1.60 bits per heavy atom. The summed E-state index contributed by atoms with van der Waals surface area (Å²) in [4.78, 5) is 25.1. The number of para-hydroxylation sites is 1. The van der Waals surface area contributed by atoms with Crippen LogP contribution in [-0.2, 0) is 10.2 Å². The second-order valence-electron chi connectivity index (χ2n) is 10.2. The highest BCUT2D eigenvalue weighted by molar-refractivity contribution is 6.30. The number of carbonyl (C=O) groups excluding carboxylic acids is 1. The summed E-state index contributed by atoms with van der Waals surface area (Å²) >= 11 is 6.11. The summed E-state index contributed by atoms with van der Waals surface area (Å²) < 4.78 is 0. The molecule has 0 spiro atoms. The monoisotopic (exact) mass is 491 g/mol. The van der Waals surface area contributed by atoms with Crippen LogP contribution < -0.4 is 15.5 Å². The Bertz CT molecular complexity index is 1180. The van der Waals surface area contributed by atoms with Gasteiger partial charge >= 0.3 is 0 Å². The Kier molecular flexibility index (Phi) is 6.83. The van der Waals surface area contributed by atoms with Crippen molar-refractivity contribution < 1.29 is 4.79 Å². The van der Waals surface area contributed by atoms with Gasteiger partial charge in [-0.25, -0.2) is 4.98 Å². The first-order chi connectivity index (χ1) is 16.9. The summed E-state index contributed by atoms with van der Waals surface area (Å²) in [6.07, 6.45) is 7.86. The molecule has 0 bridgehead atoms. The maximum absolute atomic E-state index is 13.5. The lowest BCUT2D eigenvalue weighted by Crippen LogP contribution is -2.48. The Morgan fingerprint density at radius 1 is 0.943 bits per heavy atom. The molecule has 6 nitrogen and oxygen atoms in total. The molecular formula is C28H34ClN5O. The summed E-state index contributed by atoms with van der Waals surface area (Å²) in [5.74, 6) is 1.78. The summed E-state index contributed by atoms with van der Waals surface area (Å²) in [7, 11) is 4.02. The van der Waals surface area contributed by atoms with Crippen LogP contribution in [0, 0.1) is 0 Å². The molecule has 7 heteroatoms. The molecule has 2 aromatic carbocycles. The molecule has 2 aliphatic carbocycles. The lowest BCUT2D eigenvalue weighted by atomic mass is 9.77. The minimum atomic E-state index is -0.415. The van der Waals surface area contributed by atoms with Crippen LogP contribution in [0.2, 0.25) is 5.02 Å². The lowest BCUT2D eigenvalue weighted by molar-refractivity contribution is -0.127. The van der Waals surface area contributed by atoms with Crippen LogP contribution in [0.4, 0.5) is 11.8 Å². The number of nitrogens with zero attached hydrogens (tertiary/aromatic N) is 3. The minimum absolute atomic E-state index is 0.183. The minimum Gasteiger partial charge on any atom is -0.362 e. The Hall–Kier alpha value is -2.86. The molecule has 2 saturated carbocycles. The number of rotatable bonds is 6. The number of nitrogens with one attached hydrogen (secondary N) is 2. The van der Waals surface area contributed by atoms with Gasteiger partial charge in [-0.2, -0.15) is 4.98 Å². The molecule has 0 radical (unpaired) electrons. The van der Waals surface area contributed by atoms with Gasteiger partial charge in [-0.3, -0.25) is 4.79 Å². The van der Waals surface area contributed by atoms with Gasteiger partial charge in [0.25, 0.3) is 0 Å². The molecule has 2 fully saturated rings. The number of anilines is 2. The number of halogens is 1. The highest BCUT2D eigenvalue weighted by Gasteiger charge is 2.43. The molecule has 0 saturated heterocycles. The van der Waals surface area contributed by atoms with E-state index in [0.29, 0.717) is 17.0 Å². The molecule has 2 aliphatic rings. The van der Waals surface area contributed by atoms with E-state index in [0.717, 1.165) is 73.7 Å². The van der Waals surface area contributed by atoms with Crippen LogP contribution in [-0.4, -0.2) is 42.1 Å². The van der Waals surface area contributed by atoms with E-state index in [1.54, 1.807) is 0 Å². The molecule has 0 unspecified atom stereocenters. The number of fused-ring (bicyclic) bond motifs is 1. The Labute approximate surface area is 212 Å². The molecule has 1 heterocycles. The number of benzene rings is 2. The molecular weight excluding hydrogens is 458 g/mol. The molecule has 1 amide bonds. The molecule has 3 aromatic rings. The van der Waals surface area contributed by atoms with Crippen molar-refractivity contribution in [3.8, 4) is 0 Å². The molecule has 5 rings (SSSR count). The second kappa shape index (κ2) is 10.0. The van der Waals surface area contributed by atoms with Crippen LogP contribution in [0.5, 0.6) is 0 Å². The zero-order valence-corrected chi connectivity index (χ0v) is 21.3. The van der Waals surface area contributed by atoms with Crippen molar-refractivity contribution in [2.75, 3.05) is 24.3 Å². The summed E-state index contributed by atoms with van der Waals surface area (Å²) in [5, 5.41) is 8.73. The van der Waals surface area contributed by atoms with Gasteiger partial charge < -0.3 is 15.5 Å². The van der Waals surface area contributed by atoms with Crippen molar-refractivity contribution >= 4 is 40.2 Å². The highest BCUT2D eigenvalue weighted by Crippen LogP contribution is 2.42. The quantitative estimate of drug-likeness (QED) is 0.462. The number of hydrogen-bond acceptors (Lipinski definition) is 5. The fourth-order valence-electron chi connectivity index (χ4n) is 5.75. The van der Waals surface area contributed by atoms with E-state index in [9.17, 15) is 4.79 Å². The number of carbonyl (C=O) groups is 1. The topological polar surface area (TPSA) is 70.2 Å². The fourth-order valence-corrected chi connectivity index (χ4v) is 5.87. The van der Waals surface area contributed by atoms with E-state index in [1.165, 1.54) is 0 Å². The Balaban J connectivity index is 1.22. The normalized spacial score (nSPS) is 21.6. The number of hydrogen-bond donors (Lipinski definition) is 2. The molecule has 184 valence electrons. The highest BCUT2D eigenvalue weighted by atomic mass is 35.5. The second-order valence-corrected chi connectivity index (χ2v) is 10.7. The number of amides is 1. The summed E-state index contributed by atoms with van der Waals surface area (Å²) in [6, 6.07) is 16.5. The lowest BCUT2D eigenvalue weighted by Gasteiger charge is -2.34. The van der Waals surface area contributed by atoms with E-state index < -0.39 is 5.41 Å². The van der Waals surface area contributed by atoms with Crippen LogP contribution in [0.1, 0.15) is 56.9 Å². The van der Waals surface area contributed by atoms with Crippen LogP contribution >= 0.6 is 11.6 Å². The fraction of sp³-hybridized carbons (Fsp3) is 0.464. The molecule has 2 N–H and O–H groups in total. The third-order valence-electron chi connectivity index (χ3n) is 7.69. The van der Waals surface area contributed by atoms with Gasteiger partial charge in [0, 0.05) is 36.6 Å². The van der Waals surface area contributed by atoms with Gasteiger partial charge in [0.15, 0.2) is 0 Å². The molecule has 1 aromatic heterocycles. The van der Waals surface area contributed by atoms with Crippen molar-refractivity contribution in [2.24, 2.45) is 0 Å². The summed E-state index contributed by atoms with van der Waals surface area (Å²) in [5.41, 5.74) is 1.62. The standard InChI is InChI=1S/C28H34ClN5O/c1-34(2)25-23-7-3-4-8-24(23)32-27(33-25)31-22-15-13-21(14-16-22)30-26(35)28(17-5-6-18-28)19-9-11-20(29)12-10-19/h3-4,7-12,21-22H,5-6,13-18H2,1-2H3,(H,30,35)(H,31,32,33)/t21-,22+. The van der Waals surface area contributed by atoms with E-state index in [1.807, 2.05) is 61.5 Å². The first-order valence-corrected chi connectivity index (χ1v) is 13.1. The van der Waals surface area contributed by atoms with E-state index in [-0.39, 0.29) is 11.9 Å². The van der Waals surface area contributed by atoms with Crippen molar-refractivity contribution in [2.45, 2.75) is 68.9 Å². The Morgan fingerprint density at radius 3 is 2.29 bits per heavy atom. The first kappa shape index (κ1) is 23.9. The molecule has 0 atom stereocenters. The molecule has 35 heavy (non-hydrogen) atoms. The van der Waals surface area contributed by atoms with Gasteiger partial charge in [-0.1, -0.05) is 48.7 Å². The van der Waals surface area contributed by atoms with Crippen LogP contribution in [0.25, 0.3) is 10.9 Å². The van der Waals surface area contributed by atoms with Crippen molar-refractivity contribution in [3.05, 3.63) is 59.1 Å². The van der Waals surface area contributed by atoms with Gasteiger partial charge in [-0.15, -0.1) is 0 Å². The van der Waals surface area contributed by atoms with Crippen LogP contribution in [0.3, 0.4) is 0 Å². The van der Waals surface area contributed by atoms with E-state index >= 15 is 0 Å². The zero-order valence-electron chi connectivity index (χ0n) is 20.6. The van der Waals surface area contributed by atoms with Crippen LogP contribution in [0.15, 0.2) is 48.5 Å². The van der Waals surface area contributed by atoms with E-state index in [2.05, 4.69) is 16.7 Å². The predicted molar refractivity (Wildman–Crippen MR) is 143 cm³/mol. The smallest absolute Gasteiger partial charge is 0.230 e. The van der Waals surface area contributed by atoms with Gasteiger partial charge in [0.2, 0.25) is 11.9 Å². The largest absolute Gasteiger partial charge is 0.362 e. The average molecular weight is 492 g/mol. The average Bonchev–Trinajstić information content (AvgIpc) is 3.36. The van der Waals surface area contributed by atoms with E-state index in [4.69, 9.17) is 21.6 Å². The SMILES string of the molecule is CN(C)c1nc(N[C@H]2CC[C@@H](NC(=O)C3(c4ccc(Cl)cc4)CCCC3)CC2)nc2ccccc12. The van der Waals surface area contributed by atoms with Crippen molar-refractivity contribution in [3.63, 3.8) is 0 Å². The molecule has 0 aliphatic heterocycles. The first-order valence-electron chi connectivity index (χ1n) is 12.7. The maximum Gasteiger partial charge on any atom is 0.230 e. The van der Waals surface area contributed by atoms with Crippen molar-refractivity contribution in [1.29, 1.82) is 0 Å². The maximum atomic E-state index is 13.5. The van der Waals surface area contributed by atoms with Gasteiger partial charge in [0.1, 0.15) is 5.82 Å². The van der Waals surface area contributed by atoms with Crippen molar-refractivity contribution in [1.82, 2.24) is 15.3 Å². The third kappa shape index (κ3) is 4.94. The number of aromatic nitrogens is 2. The predicted octanol–water partition coefficient (Wildman–Crippen LogP) is 5.70. The summed E-state index contributed by atoms with van der Waals surface area (Å²) in [6.45, 7) is 0.